The highest BCUT2D eigenvalue weighted by Crippen LogP contribution is 2.15. The first-order valence-corrected chi connectivity index (χ1v) is 4.34. The predicted octanol–water partition coefficient (Wildman–Crippen LogP) is 0.763. The fourth-order valence-electron chi connectivity index (χ4n) is 1.22. The molecule has 4 heteroatoms. The Morgan fingerprint density at radius 1 is 1.62 bits per heavy atom. The topological polar surface area (TPSA) is 53.1 Å². The second kappa shape index (κ2) is 3.89. The average Bonchev–Trinajstić information content (AvgIpc) is 2.45. The number of hydrogen-bond donors (Lipinski definition) is 1. The number of hydrogen-bond acceptors (Lipinski definition) is 3. The minimum absolute atomic E-state index is 0.00907. The van der Waals surface area contributed by atoms with Gasteiger partial charge in [-0.3, -0.25) is 0 Å². The molecule has 0 aliphatic carbocycles. The number of rotatable bonds is 3. The molecule has 0 bridgehead atoms. The third kappa shape index (κ3) is 1.89. The maximum Gasteiger partial charge on any atom is 0.105 e. The molecule has 0 saturated carbocycles. The third-order valence-electron chi connectivity index (χ3n) is 2.48. The van der Waals surface area contributed by atoms with Gasteiger partial charge in [0.25, 0.3) is 0 Å². The highest BCUT2D eigenvalue weighted by molar-refractivity contribution is 5.09. The van der Waals surface area contributed by atoms with Gasteiger partial charge < -0.3 is 15.0 Å². The van der Waals surface area contributed by atoms with Crippen molar-refractivity contribution in [3.8, 4) is 0 Å². The number of aromatic nitrogens is 2. The Balaban J connectivity index is 2.88. The molecule has 0 aromatic carbocycles. The van der Waals surface area contributed by atoms with Crippen LogP contribution in [-0.4, -0.2) is 22.8 Å². The van der Waals surface area contributed by atoms with Crippen molar-refractivity contribution >= 4 is 0 Å². The summed E-state index contributed by atoms with van der Waals surface area (Å²) in [5, 5.41) is 0. The van der Waals surface area contributed by atoms with Crippen LogP contribution in [0.1, 0.15) is 24.5 Å². The van der Waals surface area contributed by atoms with Gasteiger partial charge in [-0.15, -0.1) is 0 Å². The van der Waals surface area contributed by atoms with Crippen molar-refractivity contribution < 1.29 is 4.74 Å². The first-order valence-electron chi connectivity index (χ1n) is 4.34. The number of imidazole rings is 1. The molecule has 2 atom stereocenters. The van der Waals surface area contributed by atoms with E-state index >= 15 is 0 Å². The van der Waals surface area contributed by atoms with Gasteiger partial charge in [-0.05, 0) is 13.8 Å². The Morgan fingerprint density at radius 2 is 2.23 bits per heavy atom. The minimum Gasteiger partial charge on any atom is -0.380 e. The van der Waals surface area contributed by atoms with Crippen LogP contribution in [-0.2, 0) is 11.8 Å². The fraction of sp³-hybridized carbons (Fsp3) is 0.667. The number of aryl methyl sites for hydroxylation is 1. The van der Waals surface area contributed by atoms with Crippen LogP contribution in [0, 0.1) is 6.92 Å². The van der Waals surface area contributed by atoms with Gasteiger partial charge in [0.15, 0.2) is 0 Å². The summed E-state index contributed by atoms with van der Waals surface area (Å²) in [6, 6.07) is -0.115. The van der Waals surface area contributed by atoms with E-state index in [0.717, 1.165) is 11.5 Å². The molecule has 2 N–H and O–H groups in total. The van der Waals surface area contributed by atoms with E-state index in [-0.39, 0.29) is 12.1 Å². The second-order valence-electron chi connectivity index (χ2n) is 3.26. The van der Waals surface area contributed by atoms with Gasteiger partial charge in [0.1, 0.15) is 5.82 Å². The van der Waals surface area contributed by atoms with Gasteiger partial charge in [-0.1, -0.05) is 0 Å². The quantitative estimate of drug-likeness (QED) is 0.752. The molecular weight excluding hydrogens is 166 g/mol. The monoisotopic (exact) mass is 183 g/mol. The van der Waals surface area contributed by atoms with E-state index in [1.807, 2.05) is 25.5 Å². The molecule has 1 aromatic heterocycles. The highest BCUT2D eigenvalue weighted by atomic mass is 16.5. The molecule has 74 valence electrons. The zero-order valence-electron chi connectivity index (χ0n) is 8.61. The van der Waals surface area contributed by atoms with E-state index in [9.17, 15) is 0 Å². The maximum atomic E-state index is 5.98. The molecule has 13 heavy (non-hydrogen) atoms. The van der Waals surface area contributed by atoms with Crippen molar-refractivity contribution in [2.75, 3.05) is 7.11 Å². The van der Waals surface area contributed by atoms with Crippen molar-refractivity contribution in [3.05, 3.63) is 17.7 Å². The van der Waals surface area contributed by atoms with Crippen molar-refractivity contribution in [1.29, 1.82) is 0 Å². The normalized spacial score (nSPS) is 15.8. The van der Waals surface area contributed by atoms with Crippen LogP contribution in [0.4, 0.5) is 0 Å². The zero-order chi connectivity index (χ0) is 10.0. The molecule has 2 unspecified atom stereocenters. The number of nitrogens with zero attached hydrogens (tertiary/aromatic N) is 2. The molecule has 0 aliphatic rings. The summed E-state index contributed by atoms with van der Waals surface area (Å²) in [4.78, 5) is 4.18. The Labute approximate surface area is 78.7 Å². The molecule has 0 fully saturated rings. The lowest BCUT2D eigenvalue weighted by Gasteiger charge is -2.18. The first-order chi connectivity index (χ1) is 6.07. The van der Waals surface area contributed by atoms with Crippen molar-refractivity contribution in [1.82, 2.24) is 9.55 Å². The molecule has 1 heterocycles. The molecule has 0 aliphatic heterocycles. The largest absolute Gasteiger partial charge is 0.380 e. The summed E-state index contributed by atoms with van der Waals surface area (Å²) in [7, 11) is 3.62. The Hall–Kier alpha value is -0.870. The van der Waals surface area contributed by atoms with Gasteiger partial charge in [0, 0.05) is 14.2 Å². The maximum absolute atomic E-state index is 5.98. The molecule has 0 radical (unpaired) electrons. The van der Waals surface area contributed by atoms with Crippen LogP contribution in [0.25, 0.3) is 0 Å². The summed E-state index contributed by atoms with van der Waals surface area (Å²) in [6.07, 6.45) is 1.81. The summed E-state index contributed by atoms with van der Waals surface area (Å²) in [5.41, 5.74) is 6.98. The standard InChI is InChI=1S/C9H17N3O/c1-6(13-4)9(10)8-5-11-7(2)12(8)3/h5-6,9H,10H2,1-4H3. The van der Waals surface area contributed by atoms with Crippen molar-refractivity contribution in [2.45, 2.75) is 26.0 Å². The minimum atomic E-state index is -0.115. The van der Waals surface area contributed by atoms with E-state index in [4.69, 9.17) is 10.5 Å². The van der Waals surface area contributed by atoms with Gasteiger partial charge in [-0.2, -0.15) is 0 Å². The predicted molar refractivity (Wildman–Crippen MR) is 51.3 cm³/mol. The van der Waals surface area contributed by atoms with Gasteiger partial charge >= 0.3 is 0 Å². The molecule has 0 spiro atoms. The summed E-state index contributed by atoms with van der Waals surface area (Å²) in [6.45, 7) is 3.90. The van der Waals surface area contributed by atoms with Gasteiger partial charge in [0.05, 0.1) is 24.0 Å². The van der Waals surface area contributed by atoms with Gasteiger partial charge in [0.2, 0.25) is 0 Å². The Kier molecular flexibility index (Phi) is 3.06. The lowest BCUT2D eigenvalue weighted by atomic mass is 10.1. The van der Waals surface area contributed by atoms with E-state index in [1.165, 1.54) is 0 Å². The van der Waals surface area contributed by atoms with E-state index < -0.39 is 0 Å². The Bertz CT molecular complexity index is 282. The van der Waals surface area contributed by atoms with Crippen molar-refractivity contribution in [2.24, 2.45) is 12.8 Å². The lowest BCUT2D eigenvalue weighted by molar-refractivity contribution is 0.0936. The van der Waals surface area contributed by atoms with Crippen LogP contribution in [0.3, 0.4) is 0 Å². The lowest BCUT2D eigenvalue weighted by Crippen LogP contribution is -2.27. The molecule has 4 nitrogen and oxygen atoms in total. The van der Waals surface area contributed by atoms with Crippen LogP contribution in [0.15, 0.2) is 6.20 Å². The van der Waals surface area contributed by atoms with Crippen LogP contribution < -0.4 is 5.73 Å². The molecule has 0 saturated heterocycles. The SMILES string of the molecule is COC(C)C(N)c1cnc(C)n1C. The first kappa shape index (κ1) is 10.2. The van der Waals surface area contributed by atoms with E-state index in [2.05, 4.69) is 4.98 Å². The zero-order valence-corrected chi connectivity index (χ0v) is 8.61. The average molecular weight is 183 g/mol. The summed E-state index contributed by atoms with van der Waals surface area (Å²) in [5.74, 6) is 0.966. The van der Waals surface area contributed by atoms with Crippen molar-refractivity contribution in [3.63, 3.8) is 0 Å². The smallest absolute Gasteiger partial charge is 0.105 e. The number of methoxy groups -OCH3 is 1. The summed E-state index contributed by atoms with van der Waals surface area (Å²) < 4.78 is 7.15. The molecule has 0 amide bonds. The second-order valence-corrected chi connectivity index (χ2v) is 3.26. The fourth-order valence-corrected chi connectivity index (χ4v) is 1.22. The van der Waals surface area contributed by atoms with E-state index in [0.29, 0.717) is 0 Å². The van der Waals surface area contributed by atoms with Crippen LogP contribution >= 0.6 is 0 Å². The van der Waals surface area contributed by atoms with Crippen LogP contribution in [0.5, 0.6) is 0 Å². The third-order valence-corrected chi connectivity index (χ3v) is 2.48. The summed E-state index contributed by atoms with van der Waals surface area (Å²) >= 11 is 0. The molecule has 1 aromatic rings. The highest BCUT2D eigenvalue weighted by Gasteiger charge is 2.17. The van der Waals surface area contributed by atoms with Gasteiger partial charge in [-0.25, -0.2) is 4.98 Å². The molecular formula is C9H17N3O. The van der Waals surface area contributed by atoms with E-state index in [1.54, 1.807) is 13.3 Å². The number of ether oxygens (including phenoxy) is 1. The van der Waals surface area contributed by atoms with Crippen LogP contribution in [0.2, 0.25) is 0 Å². The number of nitrogens with two attached hydrogens (primary N) is 1. The Morgan fingerprint density at radius 3 is 2.62 bits per heavy atom. The molecule has 1 rings (SSSR count).